The number of amides is 1. The lowest BCUT2D eigenvalue weighted by Crippen LogP contribution is -2.66. The highest BCUT2D eigenvalue weighted by Crippen LogP contribution is 2.24. The number of piperazine rings is 1. The number of carbonyl (C=O) groups excluding carboxylic acids is 1. The fourth-order valence-electron chi connectivity index (χ4n) is 2.94. The highest BCUT2D eigenvalue weighted by molar-refractivity contribution is 14.0. The lowest BCUT2D eigenvalue weighted by Gasteiger charge is -2.49. The molecule has 0 unspecified atom stereocenters. The summed E-state index contributed by atoms with van der Waals surface area (Å²) in [6.07, 6.45) is 0. The highest BCUT2D eigenvalue weighted by atomic mass is 127. The van der Waals surface area contributed by atoms with Crippen molar-refractivity contribution in [3.05, 3.63) is 0 Å². The highest BCUT2D eigenvalue weighted by Gasteiger charge is 2.40. The molecular formula is C15H31IN4O. The summed E-state index contributed by atoms with van der Waals surface area (Å²) in [5.74, 6) is 1.54. The first-order valence-electron chi connectivity index (χ1n) is 7.46. The van der Waals surface area contributed by atoms with Gasteiger partial charge in [-0.1, -0.05) is 13.8 Å². The zero-order chi connectivity index (χ0) is 15.5. The molecule has 1 rings (SSSR count). The number of carbonyl (C=O) groups is 1. The van der Waals surface area contributed by atoms with E-state index < -0.39 is 0 Å². The van der Waals surface area contributed by atoms with Crippen LogP contribution in [0, 0.1) is 5.92 Å². The zero-order valence-electron chi connectivity index (χ0n) is 14.4. The molecule has 5 nitrogen and oxygen atoms in total. The van der Waals surface area contributed by atoms with Gasteiger partial charge in [-0.05, 0) is 33.6 Å². The van der Waals surface area contributed by atoms with Gasteiger partial charge in [0.25, 0.3) is 0 Å². The minimum atomic E-state index is -0.182. The largest absolute Gasteiger partial charge is 0.356 e. The second kappa shape index (κ2) is 8.19. The van der Waals surface area contributed by atoms with Crippen LogP contribution in [-0.4, -0.2) is 59.9 Å². The summed E-state index contributed by atoms with van der Waals surface area (Å²) in [5.41, 5.74) is -0.182. The topological polar surface area (TPSA) is 47.9 Å². The lowest BCUT2D eigenvalue weighted by molar-refractivity contribution is -0.145. The van der Waals surface area contributed by atoms with Gasteiger partial charge < -0.3 is 15.1 Å². The third kappa shape index (κ3) is 5.30. The molecule has 0 saturated carbocycles. The molecule has 1 amide bonds. The van der Waals surface area contributed by atoms with Crippen LogP contribution in [-0.2, 0) is 4.79 Å². The van der Waals surface area contributed by atoms with Gasteiger partial charge in [0.2, 0.25) is 5.91 Å². The number of guanidine groups is 1. The molecular weight excluding hydrogens is 379 g/mol. The molecule has 1 fully saturated rings. The summed E-state index contributed by atoms with van der Waals surface area (Å²) in [6, 6.07) is 0.227. The molecule has 1 aliphatic heterocycles. The second-order valence-corrected chi connectivity index (χ2v) is 6.85. The Morgan fingerprint density at radius 2 is 1.90 bits per heavy atom. The van der Waals surface area contributed by atoms with Crippen LogP contribution in [0.3, 0.4) is 0 Å². The van der Waals surface area contributed by atoms with Crippen LogP contribution in [0.1, 0.15) is 41.5 Å². The monoisotopic (exact) mass is 410 g/mol. The predicted molar refractivity (Wildman–Crippen MR) is 99.2 cm³/mol. The van der Waals surface area contributed by atoms with Crippen molar-refractivity contribution in [3.8, 4) is 0 Å². The Balaban J connectivity index is 0.00000400. The maximum atomic E-state index is 12.4. The molecule has 0 radical (unpaired) electrons. The van der Waals surface area contributed by atoms with Crippen LogP contribution < -0.4 is 5.32 Å². The molecule has 21 heavy (non-hydrogen) atoms. The van der Waals surface area contributed by atoms with Gasteiger partial charge in [-0.15, -0.1) is 24.0 Å². The summed E-state index contributed by atoms with van der Waals surface area (Å²) >= 11 is 0. The molecule has 0 aromatic carbocycles. The van der Waals surface area contributed by atoms with Gasteiger partial charge in [-0.3, -0.25) is 9.79 Å². The molecule has 0 atom stereocenters. The fourth-order valence-corrected chi connectivity index (χ4v) is 2.94. The molecule has 0 aromatic heterocycles. The van der Waals surface area contributed by atoms with Gasteiger partial charge in [0.05, 0.1) is 12.1 Å². The van der Waals surface area contributed by atoms with E-state index in [0.717, 1.165) is 19.0 Å². The predicted octanol–water partition coefficient (Wildman–Crippen LogP) is 2.17. The van der Waals surface area contributed by atoms with Crippen molar-refractivity contribution in [2.45, 2.75) is 53.1 Å². The Labute approximate surface area is 146 Å². The summed E-state index contributed by atoms with van der Waals surface area (Å²) < 4.78 is 0. The lowest BCUT2D eigenvalue weighted by atomic mass is 9.96. The normalized spacial score (nSPS) is 19.1. The molecule has 1 aliphatic rings. The number of halogens is 1. The van der Waals surface area contributed by atoms with Gasteiger partial charge in [0.15, 0.2) is 5.96 Å². The van der Waals surface area contributed by atoms with Crippen LogP contribution in [0.15, 0.2) is 4.99 Å². The van der Waals surface area contributed by atoms with E-state index in [4.69, 9.17) is 0 Å². The second-order valence-electron chi connectivity index (χ2n) is 6.85. The Bertz CT molecular complexity index is 380. The number of hydrogen-bond acceptors (Lipinski definition) is 2. The molecule has 0 bridgehead atoms. The summed E-state index contributed by atoms with van der Waals surface area (Å²) in [7, 11) is 1.77. The average molecular weight is 410 g/mol. The van der Waals surface area contributed by atoms with E-state index in [2.05, 4.69) is 56.8 Å². The summed E-state index contributed by atoms with van der Waals surface area (Å²) in [4.78, 5) is 20.8. The van der Waals surface area contributed by atoms with Crippen LogP contribution in [0.25, 0.3) is 0 Å². The first-order chi connectivity index (χ1) is 9.19. The van der Waals surface area contributed by atoms with Crippen molar-refractivity contribution in [2.75, 3.05) is 26.7 Å². The van der Waals surface area contributed by atoms with E-state index in [1.165, 1.54) is 0 Å². The van der Waals surface area contributed by atoms with Gasteiger partial charge in [-0.25, -0.2) is 0 Å². The van der Waals surface area contributed by atoms with Crippen molar-refractivity contribution < 1.29 is 4.79 Å². The molecule has 1 N–H and O–H groups in total. The van der Waals surface area contributed by atoms with Crippen LogP contribution in [0.4, 0.5) is 0 Å². The third-order valence-electron chi connectivity index (χ3n) is 3.52. The average Bonchev–Trinajstić information content (AvgIpc) is 2.26. The number of hydrogen-bond donors (Lipinski definition) is 1. The van der Waals surface area contributed by atoms with E-state index in [1.807, 2.05) is 4.90 Å². The smallest absolute Gasteiger partial charge is 0.242 e. The SMILES string of the molecule is CN=C(NCC(C)C)N1CC(=O)N(C(C)C)C(C)(C)C1.I. The van der Waals surface area contributed by atoms with Crippen molar-refractivity contribution in [2.24, 2.45) is 10.9 Å². The first-order valence-corrected chi connectivity index (χ1v) is 7.46. The van der Waals surface area contributed by atoms with E-state index in [0.29, 0.717) is 12.5 Å². The van der Waals surface area contributed by atoms with Gasteiger partial charge >= 0.3 is 0 Å². The molecule has 1 heterocycles. The number of rotatable bonds is 3. The van der Waals surface area contributed by atoms with E-state index in [-0.39, 0.29) is 41.5 Å². The van der Waals surface area contributed by atoms with Crippen molar-refractivity contribution in [1.82, 2.24) is 15.1 Å². The van der Waals surface area contributed by atoms with Crippen LogP contribution in [0.2, 0.25) is 0 Å². The Hall–Kier alpha value is -0.530. The Morgan fingerprint density at radius 3 is 2.29 bits per heavy atom. The minimum absolute atomic E-state index is 0. The maximum absolute atomic E-state index is 12.4. The first kappa shape index (κ1) is 20.5. The standard InChI is InChI=1S/C15H30N4O.HI/c1-11(2)8-17-14(16-7)18-9-13(20)19(12(3)4)15(5,6)10-18;/h11-12H,8-10H2,1-7H3,(H,16,17);1H. The van der Waals surface area contributed by atoms with Crippen molar-refractivity contribution in [3.63, 3.8) is 0 Å². The number of nitrogens with zero attached hydrogens (tertiary/aromatic N) is 3. The van der Waals surface area contributed by atoms with Crippen molar-refractivity contribution in [1.29, 1.82) is 0 Å². The van der Waals surface area contributed by atoms with E-state index >= 15 is 0 Å². The number of nitrogens with one attached hydrogen (secondary N) is 1. The summed E-state index contributed by atoms with van der Waals surface area (Å²) in [5, 5.41) is 3.35. The molecule has 0 aromatic rings. The minimum Gasteiger partial charge on any atom is -0.356 e. The molecule has 6 heteroatoms. The Kier molecular flexibility index (Phi) is 7.99. The molecule has 0 spiro atoms. The third-order valence-corrected chi connectivity index (χ3v) is 3.52. The Morgan fingerprint density at radius 1 is 1.33 bits per heavy atom. The quantitative estimate of drug-likeness (QED) is 0.441. The number of aliphatic imine (C=N–C) groups is 1. The fraction of sp³-hybridized carbons (Fsp3) is 0.867. The van der Waals surface area contributed by atoms with Gasteiger partial charge in [0.1, 0.15) is 0 Å². The molecule has 0 aliphatic carbocycles. The molecule has 1 saturated heterocycles. The summed E-state index contributed by atoms with van der Waals surface area (Å²) in [6.45, 7) is 14.8. The van der Waals surface area contributed by atoms with Crippen molar-refractivity contribution >= 4 is 35.8 Å². The maximum Gasteiger partial charge on any atom is 0.242 e. The van der Waals surface area contributed by atoms with E-state index in [9.17, 15) is 4.79 Å². The van der Waals surface area contributed by atoms with Crippen LogP contribution >= 0.6 is 24.0 Å². The van der Waals surface area contributed by atoms with Gasteiger partial charge in [-0.2, -0.15) is 0 Å². The van der Waals surface area contributed by atoms with E-state index in [1.54, 1.807) is 7.05 Å². The van der Waals surface area contributed by atoms with Gasteiger partial charge in [0, 0.05) is 26.2 Å². The van der Waals surface area contributed by atoms with Crippen LogP contribution in [0.5, 0.6) is 0 Å². The molecule has 124 valence electrons. The zero-order valence-corrected chi connectivity index (χ0v) is 16.8.